The van der Waals surface area contributed by atoms with Gasteiger partial charge in [0.15, 0.2) is 14.6 Å². The third-order valence-electron chi connectivity index (χ3n) is 2.63. The molecule has 0 aliphatic heterocycles. The molecule has 0 fully saturated rings. The molecule has 100 valence electrons. The van der Waals surface area contributed by atoms with Crippen LogP contribution in [0.15, 0.2) is 22.7 Å². The van der Waals surface area contributed by atoms with Crippen molar-refractivity contribution >= 4 is 31.7 Å². The minimum atomic E-state index is -3.88. The summed E-state index contributed by atoms with van der Waals surface area (Å²) in [4.78, 5) is 10.9. The van der Waals surface area contributed by atoms with Crippen LogP contribution >= 0.6 is 15.9 Å². The molecule has 0 saturated heterocycles. The highest BCUT2D eigenvalue weighted by Gasteiger charge is 2.41. The van der Waals surface area contributed by atoms with Crippen LogP contribution in [0.5, 0.6) is 0 Å². The Morgan fingerprint density at radius 1 is 1.44 bits per heavy atom. The van der Waals surface area contributed by atoms with Crippen molar-refractivity contribution in [1.82, 2.24) is 0 Å². The summed E-state index contributed by atoms with van der Waals surface area (Å²) in [7, 11) is -3.88. The first-order valence-electron chi connectivity index (χ1n) is 4.97. The van der Waals surface area contributed by atoms with Gasteiger partial charge >= 0.3 is 5.97 Å². The van der Waals surface area contributed by atoms with Gasteiger partial charge in [0.1, 0.15) is 5.82 Å². The summed E-state index contributed by atoms with van der Waals surface area (Å²) in [6.07, 6.45) is 0. The zero-order valence-electron chi connectivity index (χ0n) is 9.78. The number of halogens is 2. The lowest BCUT2D eigenvalue weighted by Crippen LogP contribution is -2.41. The molecule has 0 spiro atoms. The first-order chi connectivity index (χ1) is 8.08. The van der Waals surface area contributed by atoms with Crippen LogP contribution in [0.1, 0.15) is 19.4 Å². The van der Waals surface area contributed by atoms with Gasteiger partial charge in [-0.15, -0.1) is 0 Å². The average molecular weight is 339 g/mol. The third-order valence-corrected chi connectivity index (χ3v) is 5.68. The maximum atomic E-state index is 13.0. The molecule has 0 unspecified atom stereocenters. The summed E-state index contributed by atoms with van der Waals surface area (Å²) in [5, 5.41) is 8.91. The van der Waals surface area contributed by atoms with Gasteiger partial charge in [0.05, 0.1) is 10.2 Å². The van der Waals surface area contributed by atoms with Gasteiger partial charge in [-0.1, -0.05) is 6.07 Å². The lowest BCUT2D eigenvalue weighted by molar-refractivity contribution is -0.139. The molecule has 0 bridgehead atoms. The number of hydrogen-bond donors (Lipinski definition) is 1. The maximum absolute atomic E-state index is 13.0. The fraction of sp³-hybridized carbons (Fsp3) is 0.364. The van der Waals surface area contributed by atoms with Crippen molar-refractivity contribution in [2.75, 3.05) is 0 Å². The van der Waals surface area contributed by atoms with Crippen molar-refractivity contribution in [2.45, 2.75) is 24.3 Å². The van der Waals surface area contributed by atoms with E-state index in [1.807, 2.05) is 0 Å². The van der Waals surface area contributed by atoms with Gasteiger partial charge in [-0.3, -0.25) is 4.79 Å². The Labute approximate surface area is 113 Å². The van der Waals surface area contributed by atoms with Crippen LogP contribution in [0, 0.1) is 5.82 Å². The highest BCUT2D eigenvalue weighted by atomic mass is 79.9. The molecule has 1 rings (SSSR count). The number of carboxylic acid groups (broad SMARTS) is 1. The number of carbonyl (C=O) groups is 1. The van der Waals surface area contributed by atoms with E-state index in [0.29, 0.717) is 5.56 Å². The van der Waals surface area contributed by atoms with Crippen LogP contribution in [0.3, 0.4) is 0 Å². The second-order valence-corrected chi connectivity index (χ2v) is 7.72. The van der Waals surface area contributed by atoms with Crippen molar-refractivity contribution in [3.05, 3.63) is 34.1 Å². The largest absolute Gasteiger partial charge is 0.480 e. The fourth-order valence-corrected chi connectivity index (χ4v) is 2.83. The van der Waals surface area contributed by atoms with E-state index in [0.717, 1.165) is 19.9 Å². The van der Waals surface area contributed by atoms with Crippen molar-refractivity contribution in [3.63, 3.8) is 0 Å². The number of hydrogen-bond acceptors (Lipinski definition) is 3. The molecule has 1 aromatic rings. The molecule has 18 heavy (non-hydrogen) atoms. The van der Waals surface area contributed by atoms with Crippen LogP contribution in [-0.4, -0.2) is 24.2 Å². The van der Waals surface area contributed by atoms with Crippen LogP contribution in [-0.2, 0) is 20.4 Å². The zero-order valence-corrected chi connectivity index (χ0v) is 12.2. The monoisotopic (exact) mass is 338 g/mol. The summed E-state index contributed by atoms with van der Waals surface area (Å²) < 4.78 is 35.2. The number of aliphatic carboxylic acids is 1. The summed E-state index contributed by atoms with van der Waals surface area (Å²) in [5.74, 6) is -2.37. The maximum Gasteiger partial charge on any atom is 0.324 e. The quantitative estimate of drug-likeness (QED) is 0.914. The van der Waals surface area contributed by atoms with E-state index >= 15 is 0 Å². The highest BCUT2D eigenvalue weighted by molar-refractivity contribution is 9.10. The number of sulfone groups is 1. The predicted molar refractivity (Wildman–Crippen MR) is 68.4 cm³/mol. The first-order valence-corrected chi connectivity index (χ1v) is 7.42. The van der Waals surface area contributed by atoms with E-state index in [2.05, 4.69) is 15.9 Å². The summed E-state index contributed by atoms with van der Waals surface area (Å²) in [5.41, 5.74) is 0.331. The van der Waals surface area contributed by atoms with Crippen molar-refractivity contribution < 1.29 is 22.7 Å². The van der Waals surface area contributed by atoms with Crippen LogP contribution in [0.4, 0.5) is 4.39 Å². The molecule has 1 N–H and O–H groups in total. The SMILES string of the molecule is CC(C)(C(=O)O)S(=O)(=O)Cc1ccc(F)c(Br)c1. The summed E-state index contributed by atoms with van der Waals surface area (Å²) in [6, 6.07) is 3.77. The third kappa shape index (κ3) is 2.89. The lowest BCUT2D eigenvalue weighted by Gasteiger charge is -2.19. The van der Waals surface area contributed by atoms with E-state index in [9.17, 15) is 17.6 Å². The minimum Gasteiger partial charge on any atom is -0.480 e. The van der Waals surface area contributed by atoms with Crippen molar-refractivity contribution in [2.24, 2.45) is 0 Å². The van der Waals surface area contributed by atoms with Gasteiger partial charge in [0, 0.05) is 0 Å². The van der Waals surface area contributed by atoms with Gasteiger partial charge < -0.3 is 5.11 Å². The lowest BCUT2D eigenvalue weighted by atomic mass is 10.2. The van der Waals surface area contributed by atoms with Crippen LogP contribution in [0.2, 0.25) is 0 Å². The molecule has 0 atom stereocenters. The van der Waals surface area contributed by atoms with Gasteiger partial charge in [0.25, 0.3) is 0 Å². The van der Waals surface area contributed by atoms with Crippen LogP contribution < -0.4 is 0 Å². The predicted octanol–water partition coefficient (Wildman–Crippen LogP) is 2.37. The van der Waals surface area contributed by atoms with E-state index < -0.39 is 32.1 Å². The number of rotatable bonds is 4. The Balaban J connectivity index is 3.10. The Kier molecular flexibility index (Phi) is 4.17. The summed E-state index contributed by atoms with van der Waals surface area (Å²) in [6.45, 7) is 2.26. The Bertz CT molecular complexity index is 581. The van der Waals surface area contributed by atoms with E-state index in [-0.39, 0.29) is 4.47 Å². The zero-order chi connectivity index (χ0) is 14.1. The van der Waals surface area contributed by atoms with Crippen LogP contribution in [0.25, 0.3) is 0 Å². The van der Waals surface area contributed by atoms with Crippen molar-refractivity contribution in [1.29, 1.82) is 0 Å². The molecular formula is C11H12BrFO4S. The minimum absolute atomic E-state index is 0.142. The molecule has 0 heterocycles. The molecule has 4 nitrogen and oxygen atoms in total. The molecule has 0 aliphatic rings. The summed E-state index contributed by atoms with van der Waals surface area (Å²) >= 11 is 2.95. The van der Waals surface area contributed by atoms with Gasteiger partial charge in [-0.05, 0) is 47.5 Å². The van der Waals surface area contributed by atoms with Gasteiger partial charge in [-0.25, -0.2) is 12.8 Å². The second kappa shape index (κ2) is 4.97. The molecule has 0 aliphatic carbocycles. The van der Waals surface area contributed by atoms with E-state index in [4.69, 9.17) is 5.11 Å². The molecule has 1 aromatic carbocycles. The highest BCUT2D eigenvalue weighted by Crippen LogP contribution is 2.24. The Hall–Kier alpha value is -0.950. The average Bonchev–Trinajstić information content (AvgIpc) is 2.22. The number of benzene rings is 1. The van der Waals surface area contributed by atoms with Crippen molar-refractivity contribution in [3.8, 4) is 0 Å². The van der Waals surface area contributed by atoms with Gasteiger partial charge in [-0.2, -0.15) is 0 Å². The molecule has 0 aromatic heterocycles. The molecule has 0 radical (unpaired) electrons. The smallest absolute Gasteiger partial charge is 0.324 e. The van der Waals surface area contributed by atoms with Gasteiger partial charge in [0.2, 0.25) is 0 Å². The molecule has 7 heteroatoms. The topological polar surface area (TPSA) is 71.4 Å². The molecule has 0 saturated carbocycles. The normalized spacial score (nSPS) is 12.4. The molecule has 0 amide bonds. The molecular weight excluding hydrogens is 327 g/mol. The Morgan fingerprint density at radius 2 is 2.00 bits per heavy atom. The second-order valence-electron chi connectivity index (χ2n) is 4.32. The fourth-order valence-electron chi connectivity index (χ4n) is 1.16. The number of carboxylic acids is 1. The Morgan fingerprint density at radius 3 is 2.44 bits per heavy atom. The van der Waals surface area contributed by atoms with E-state index in [1.165, 1.54) is 12.1 Å². The first kappa shape index (κ1) is 15.1. The van der Waals surface area contributed by atoms with E-state index in [1.54, 1.807) is 0 Å². The standard InChI is InChI=1S/C11H12BrFO4S/c1-11(2,10(14)15)18(16,17)6-7-3-4-9(13)8(12)5-7/h3-5H,6H2,1-2H3,(H,14,15).